The average Bonchev–Trinajstić information content (AvgIpc) is 2.52. The number of ether oxygens (including phenoxy) is 1. The molecule has 0 spiro atoms. The van der Waals surface area contributed by atoms with E-state index in [1.807, 2.05) is 44.2 Å². The Morgan fingerprint density at radius 2 is 1.48 bits per heavy atom. The zero-order chi connectivity index (χ0) is 18.0. The van der Waals surface area contributed by atoms with Gasteiger partial charge < -0.3 is 21.3 Å². The van der Waals surface area contributed by atoms with Crippen molar-refractivity contribution < 1.29 is 19.4 Å². The molecule has 23 heavy (non-hydrogen) atoms. The predicted molar refractivity (Wildman–Crippen MR) is 89.5 cm³/mol. The summed E-state index contributed by atoms with van der Waals surface area (Å²) in [6, 6.07) is 8.31. The summed E-state index contributed by atoms with van der Waals surface area (Å²) in [5, 5.41) is 8.23. The Kier molecular flexibility index (Phi) is 9.85. The van der Waals surface area contributed by atoms with Gasteiger partial charge in [0.2, 0.25) is 0 Å². The van der Waals surface area contributed by atoms with Gasteiger partial charge in [-0.05, 0) is 17.4 Å². The molecule has 0 aliphatic carbocycles. The second kappa shape index (κ2) is 10.7. The summed E-state index contributed by atoms with van der Waals surface area (Å²) in [5.41, 5.74) is 11.8. The Morgan fingerprint density at radius 3 is 1.83 bits per heavy atom. The Morgan fingerprint density at radius 1 is 1.00 bits per heavy atom. The van der Waals surface area contributed by atoms with Crippen LogP contribution < -0.4 is 11.5 Å². The lowest BCUT2D eigenvalue weighted by Gasteiger charge is -2.14. The third-order valence-corrected chi connectivity index (χ3v) is 3.22. The molecule has 0 saturated heterocycles. The standard InChI is InChI=1S/C12H17NO2.C5H11NO2/c1-9(2)11(13)12(14)15-8-10-6-4-3-5-7-10;1-3(2)4(6)5(7)8/h3-7,9,11H,8,13H2,1-2H3;3-4H,6H2,1-2H3,(H,7,8). The van der Waals surface area contributed by atoms with E-state index >= 15 is 0 Å². The Labute approximate surface area is 137 Å². The highest BCUT2D eigenvalue weighted by molar-refractivity contribution is 5.75. The summed E-state index contributed by atoms with van der Waals surface area (Å²) in [4.78, 5) is 21.4. The first-order valence-corrected chi connectivity index (χ1v) is 7.61. The fourth-order valence-corrected chi connectivity index (χ4v) is 1.38. The van der Waals surface area contributed by atoms with Crippen molar-refractivity contribution in [3.63, 3.8) is 0 Å². The minimum atomic E-state index is -0.931. The van der Waals surface area contributed by atoms with Gasteiger partial charge in [0.15, 0.2) is 0 Å². The van der Waals surface area contributed by atoms with E-state index in [-0.39, 0.29) is 17.8 Å². The van der Waals surface area contributed by atoms with E-state index in [1.165, 1.54) is 0 Å². The first-order chi connectivity index (χ1) is 10.7. The molecule has 0 aromatic heterocycles. The van der Waals surface area contributed by atoms with Crippen LogP contribution >= 0.6 is 0 Å². The molecule has 2 unspecified atom stereocenters. The number of rotatable bonds is 6. The molecular weight excluding hydrogens is 296 g/mol. The van der Waals surface area contributed by atoms with E-state index < -0.39 is 18.1 Å². The first kappa shape index (κ1) is 21.1. The molecule has 0 aliphatic heterocycles. The Bertz CT molecular complexity index is 475. The molecule has 0 amide bonds. The molecule has 6 heteroatoms. The fourth-order valence-electron chi connectivity index (χ4n) is 1.38. The monoisotopic (exact) mass is 324 g/mol. The number of nitrogens with two attached hydrogens (primary N) is 2. The van der Waals surface area contributed by atoms with E-state index in [4.69, 9.17) is 21.3 Å². The number of carboxylic acids is 1. The van der Waals surface area contributed by atoms with Crippen LogP contribution in [0.3, 0.4) is 0 Å². The van der Waals surface area contributed by atoms with Crippen molar-refractivity contribution in [1.82, 2.24) is 0 Å². The van der Waals surface area contributed by atoms with Gasteiger partial charge in [-0.3, -0.25) is 9.59 Å². The highest BCUT2D eigenvalue weighted by Gasteiger charge is 2.18. The van der Waals surface area contributed by atoms with E-state index in [0.29, 0.717) is 6.61 Å². The molecule has 1 aromatic rings. The van der Waals surface area contributed by atoms with Gasteiger partial charge in [0, 0.05) is 0 Å². The fraction of sp³-hybridized carbons (Fsp3) is 0.529. The summed E-state index contributed by atoms with van der Waals surface area (Å²) in [6.45, 7) is 7.64. The average molecular weight is 324 g/mol. The van der Waals surface area contributed by atoms with Gasteiger partial charge in [-0.15, -0.1) is 0 Å². The molecular formula is C17H28N2O4. The normalized spacial score (nSPS) is 13.0. The lowest BCUT2D eigenvalue weighted by molar-refractivity contribution is -0.147. The van der Waals surface area contributed by atoms with Gasteiger partial charge in [0.25, 0.3) is 0 Å². The summed E-state index contributed by atoms with van der Waals surface area (Å²) in [7, 11) is 0. The first-order valence-electron chi connectivity index (χ1n) is 7.61. The van der Waals surface area contributed by atoms with Crippen LogP contribution in [0, 0.1) is 11.8 Å². The van der Waals surface area contributed by atoms with E-state index in [9.17, 15) is 9.59 Å². The molecule has 0 aliphatic rings. The quantitative estimate of drug-likeness (QED) is 0.687. The van der Waals surface area contributed by atoms with Crippen LogP contribution in [0.5, 0.6) is 0 Å². The molecule has 0 saturated carbocycles. The van der Waals surface area contributed by atoms with Crippen LogP contribution in [-0.4, -0.2) is 29.1 Å². The largest absolute Gasteiger partial charge is 0.480 e. The molecule has 0 bridgehead atoms. The highest BCUT2D eigenvalue weighted by Crippen LogP contribution is 2.05. The maximum atomic E-state index is 11.4. The summed E-state index contributed by atoms with van der Waals surface area (Å²) in [6.07, 6.45) is 0. The Balaban J connectivity index is 0.000000515. The molecule has 6 nitrogen and oxygen atoms in total. The van der Waals surface area contributed by atoms with Crippen molar-refractivity contribution in [2.24, 2.45) is 23.3 Å². The van der Waals surface area contributed by atoms with E-state index in [2.05, 4.69) is 0 Å². The van der Waals surface area contributed by atoms with Crippen LogP contribution in [0.4, 0.5) is 0 Å². The number of carbonyl (C=O) groups is 2. The molecule has 0 radical (unpaired) electrons. The highest BCUT2D eigenvalue weighted by atomic mass is 16.5. The molecule has 5 N–H and O–H groups in total. The second-order valence-electron chi connectivity index (χ2n) is 5.97. The van der Waals surface area contributed by atoms with Crippen molar-refractivity contribution in [2.75, 3.05) is 0 Å². The second-order valence-corrected chi connectivity index (χ2v) is 5.97. The van der Waals surface area contributed by atoms with Gasteiger partial charge in [-0.25, -0.2) is 0 Å². The number of esters is 1. The lowest BCUT2D eigenvalue weighted by Crippen LogP contribution is -2.36. The molecule has 0 heterocycles. The minimum Gasteiger partial charge on any atom is -0.480 e. The Hall–Kier alpha value is -1.92. The predicted octanol–water partition coefficient (Wildman–Crippen LogP) is 1.77. The van der Waals surface area contributed by atoms with Gasteiger partial charge in [0.1, 0.15) is 18.7 Å². The summed E-state index contributed by atoms with van der Waals surface area (Å²) >= 11 is 0. The van der Waals surface area contributed by atoms with Crippen LogP contribution in [0.1, 0.15) is 33.3 Å². The SMILES string of the molecule is CC(C)C(N)C(=O)O.CC(C)C(N)C(=O)OCc1ccccc1. The third kappa shape index (κ3) is 8.95. The van der Waals surface area contributed by atoms with Gasteiger partial charge in [0.05, 0.1) is 0 Å². The molecule has 1 rings (SSSR count). The molecule has 1 aromatic carbocycles. The van der Waals surface area contributed by atoms with Gasteiger partial charge in [-0.2, -0.15) is 0 Å². The lowest BCUT2D eigenvalue weighted by atomic mass is 10.1. The van der Waals surface area contributed by atoms with Crippen LogP contribution in [0.25, 0.3) is 0 Å². The number of hydrogen-bond acceptors (Lipinski definition) is 5. The van der Waals surface area contributed by atoms with Crippen molar-refractivity contribution in [1.29, 1.82) is 0 Å². The van der Waals surface area contributed by atoms with E-state index in [1.54, 1.807) is 13.8 Å². The van der Waals surface area contributed by atoms with E-state index in [0.717, 1.165) is 5.56 Å². The summed E-state index contributed by atoms with van der Waals surface area (Å²) in [5.74, 6) is -1.14. The number of benzene rings is 1. The smallest absolute Gasteiger partial charge is 0.323 e. The zero-order valence-corrected chi connectivity index (χ0v) is 14.2. The minimum absolute atomic E-state index is 0.0208. The number of carbonyl (C=O) groups excluding carboxylic acids is 1. The van der Waals surface area contributed by atoms with Crippen molar-refractivity contribution >= 4 is 11.9 Å². The number of carboxylic acid groups (broad SMARTS) is 1. The van der Waals surface area contributed by atoms with Crippen LogP contribution in [0.15, 0.2) is 30.3 Å². The zero-order valence-electron chi connectivity index (χ0n) is 14.2. The third-order valence-electron chi connectivity index (χ3n) is 3.22. The number of aliphatic carboxylic acids is 1. The summed E-state index contributed by atoms with van der Waals surface area (Å²) < 4.78 is 5.09. The van der Waals surface area contributed by atoms with Gasteiger partial charge in [-0.1, -0.05) is 58.0 Å². The number of hydrogen-bond donors (Lipinski definition) is 3. The molecule has 130 valence electrons. The van der Waals surface area contributed by atoms with Crippen molar-refractivity contribution in [3.8, 4) is 0 Å². The molecule has 0 fully saturated rings. The maximum Gasteiger partial charge on any atom is 0.323 e. The van der Waals surface area contributed by atoms with Gasteiger partial charge >= 0.3 is 11.9 Å². The molecule has 2 atom stereocenters. The van der Waals surface area contributed by atoms with Crippen molar-refractivity contribution in [2.45, 2.75) is 46.4 Å². The van der Waals surface area contributed by atoms with Crippen LogP contribution in [-0.2, 0) is 20.9 Å². The van der Waals surface area contributed by atoms with Crippen LogP contribution in [0.2, 0.25) is 0 Å². The topological polar surface area (TPSA) is 116 Å². The van der Waals surface area contributed by atoms with Crippen molar-refractivity contribution in [3.05, 3.63) is 35.9 Å². The maximum absolute atomic E-state index is 11.4.